The lowest BCUT2D eigenvalue weighted by molar-refractivity contribution is 0.382. The standard InChI is InChI=1S/C10H12O2/c1-7-10(12-7)8-3-5-9(11-2)6-4-8/h3-7,10H,1-2H3/t7-,10?/m1/s1. The van der Waals surface area contributed by atoms with E-state index in [0.717, 1.165) is 5.75 Å². The minimum absolute atomic E-state index is 0.316. The molecule has 1 aliphatic rings. The topological polar surface area (TPSA) is 21.8 Å². The largest absolute Gasteiger partial charge is 0.497 e. The Morgan fingerprint density at radius 1 is 1.25 bits per heavy atom. The molecule has 1 aliphatic heterocycles. The monoisotopic (exact) mass is 164 g/mol. The Morgan fingerprint density at radius 2 is 1.83 bits per heavy atom. The van der Waals surface area contributed by atoms with Gasteiger partial charge in [-0.1, -0.05) is 12.1 Å². The summed E-state index contributed by atoms with van der Waals surface area (Å²) in [6.07, 6.45) is 0.703. The molecule has 1 unspecified atom stereocenters. The van der Waals surface area contributed by atoms with Crippen LogP contribution in [0.3, 0.4) is 0 Å². The summed E-state index contributed by atoms with van der Waals surface area (Å²) >= 11 is 0. The molecule has 0 spiro atoms. The van der Waals surface area contributed by atoms with E-state index in [1.165, 1.54) is 5.56 Å². The van der Waals surface area contributed by atoms with Crippen LogP contribution >= 0.6 is 0 Å². The third-order valence-electron chi connectivity index (χ3n) is 2.16. The maximum absolute atomic E-state index is 5.34. The average Bonchev–Trinajstić information content (AvgIpc) is 2.83. The van der Waals surface area contributed by atoms with E-state index in [0.29, 0.717) is 12.2 Å². The van der Waals surface area contributed by atoms with Crippen LogP contribution in [-0.2, 0) is 4.74 Å². The number of methoxy groups -OCH3 is 1. The maximum Gasteiger partial charge on any atom is 0.118 e. The van der Waals surface area contributed by atoms with E-state index in [4.69, 9.17) is 9.47 Å². The highest BCUT2D eigenvalue weighted by Gasteiger charge is 2.35. The third kappa shape index (κ3) is 1.30. The first-order valence-electron chi connectivity index (χ1n) is 4.10. The number of hydrogen-bond donors (Lipinski definition) is 0. The Hall–Kier alpha value is -1.02. The molecule has 2 heteroatoms. The van der Waals surface area contributed by atoms with E-state index in [2.05, 4.69) is 6.92 Å². The summed E-state index contributed by atoms with van der Waals surface area (Å²) in [5, 5.41) is 0. The molecule has 2 atom stereocenters. The lowest BCUT2D eigenvalue weighted by atomic mass is 10.1. The lowest BCUT2D eigenvalue weighted by Crippen LogP contribution is -1.85. The molecule has 0 aromatic heterocycles. The van der Waals surface area contributed by atoms with Gasteiger partial charge in [0.2, 0.25) is 0 Å². The number of rotatable bonds is 2. The van der Waals surface area contributed by atoms with Crippen LogP contribution in [0.25, 0.3) is 0 Å². The van der Waals surface area contributed by atoms with E-state index < -0.39 is 0 Å². The first-order chi connectivity index (χ1) is 5.81. The molecule has 2 rings (SSSR count). The van der Waals surface area contributed by atoms with Gasteiger partial charge in [0.05, 0.1) is 13.2 Å². The Morgan fingerprint density at radius 3 is 2.25 bits per heavy atom. The predicted molar refractivity (Wildman–Crippen MR) is 46.3 cm³/mol. The van der Waals surface area contributed by atoms with Crippen molar-refractivity contribution in [3.05, 3.63) is 29.8 Å². The van der Waals surface area contributed by atoms with Gasteiger partial charge in [-0.15, -0.1) is 0 Å². The molecule has 1 saturated heterocycles. The minimum atomic E-state index is 0.316. The smallest absolute Gasteiger partial charge is 0.118 e. The zero-order valence-electron chi connectivity index (χ0n) is 7.28. The summed E-state index contributed by atoms with van der Waals surface area (Å²) in [5.74, 6) is 0.895. The van der Waals surface area contributed by atoms with Crippen molar-refractivity contribution in [3.8, 4) is 5.75 Å². The zero-order valence-corrected chi connectivity index (χ0v) is 7.28. The van der Waals surface area contributed by atoms with Gasteiger partial charge in [0, 0.05) is 0 Å². The van der Waals surface area contributed by atoms with Crippen LogP contribution in [0, 0.1) is 0 Å². The molecule has 12 heavy (non-hydrogen) atoms. The second-order valence-electron chi connectivity index (χ2n) is 3.03. The van der Waals surface area contributed by atoms with Crippen molar-refractivity contribution >= 4 is 0 Å². The number of benzene rings is 1. The van der Waals surface area contributed by atoms with Crippen LogP contribution in [0.2, 0.25) is 0 Å². The first kappa shape index (κ1) is 7.62. The predicted octanol–water partition coefficient (Wildman–Crippen LogP) is 2.16. The van der Waals surface area contributed by atoms with E-state index in [1.54, 1.807) is 7.11 Å². The van der Waals surface area contributed by atoms with Crippen LogP contribution in [-0.4, -0.2) is 13.2 Å². The quantitative estimate of drug-likeness (QED) is 0.625. The van der Waals surface area contributed by atoms with Gasteiger partial charge < -0.3 is 9.47 Å². The Labute approximate surface area is 72.1 Å². The molecule has 1 aromatic carbocycles. The van der Waals surface area contributed by atoms with Crippen LogP contribution in [0.4, 0.5) is 0 Å². The van der Waals surface area contributed by atoms with Gasteiger partial charge in [0.15, 0.2) is 0 Å². The van der Waals surface area contributed by atoms with Gasteiger partial charge in [0.25, 0.3) is 0 Å². The van der Waals surface area contributed by atoms with Gasteiger partial charge in [-0.05, 0) is 24.6 Å². The highest BCUT2D eigenvalue weighted by molar-refractivity contribution is 5.30. The molecule has 2 nitrogen and oxygen atoms in total. The zero-order chi connectivity index (χ0) is 8.55. The Kier molecular flexibility index (Phi) is 1.77. The summed E-state index contributed by atoms with van der Waals surface area (Å²) < 4.78 is 10.4. The molecule has 0 aliphatic carbocycles. The van der Waals surface area contributed by atoms with Crippen molar-refractivity contribution in [3.63, 3.8) is 0 Å². The highest BCUT2D eigenvalue weighted by Crippen LogP contribution is 2.38. The Balaban J connectivity index is 2.14. The molecule has 0 saturated carbocycles. The van der Waals surface area contributed by atoms with Crippen molar-refractivity contribution < 1.29 is 9.47 Å². The molecule has 1 heterocycles. The number of hydrogen-bond acceptors (Lipinski definition) is 2. The number of epoxide rings is 1. The normalized spacial score (nSPS) is 26.8. The van der Waals surface area contributed by atoms with Crippen LogP contribution < -0.4 is 4.74 Å². The SMILES string of the molecule is COc1ccc(C2O[C@@H]2C)cc1. The molecule has 0 bridgehead atoms. The van der Waals surface area contributed by atoms with Crippen LogP contribution in [0.15, 0.2) is 24.3 Å². The summed E-state index contributed by atoms with van der Waals surface area (Å²) in [6.45, 7) is 2.08. The van der Waals surface area contributed by atoms with Crippen molar-refractivity contribution in [1.29, 1.82) is 0 Å². The fourth-order valence-corrected chi connectivity index (χ4v) is 1.33. The first-order valence-corrected chi connectivity index (χ1v) is 4.10. The van der Waals surface area contributed by atoms with E-state index in [9.17, 15) is 0 Å². The minimum Gasteiger partial charge on any atom is -0.497 e. The number of ether oxygens (including phenoxy) is 2. The van der Waals surface area contributed by atoms with E-state index >= 15 is 0 Å². The summed E-state index contributed by atoms with van der Waals surface area (Å²) in [7, 11) is 1.67. The van der Waals surface area contributed by atoms with Gasteiger partial charge in [-0.3, -0.25) is 0 Å². The van der Waals surface area contributed by atoms with Crippen molar-refractivity contribution in [2.24, 2.45) is 0 Å². The van der Waals surface area contributed by atoms with Crippen molar-refractivity contribution in [1.82, 2.24) is 0 Å². The molecule has 0 radical (unpaired) electrons. The lowest BCUT2D eigenvalue weighted by Gasteiger charge is -1.99. The van der Waals surface area contributed by atoms with Gasteiger partial charge in [-0.2, -0.15) is 0 Å². The third-order valence-corrected chi connectivity index (χ3v) is 2.16. The molecule has 1 fully saturated rings. The average molecular weight is 164 g/mol. The van der Waals surface area contributed by atoms with Gasteiger partial charge in [0.1, 0.15) is 11.9 Å². The second-order valence-corrected chi connectivity index (χ2v) is 3.03. The summed E-state index contributed by atoms with van der Waals surface area (Å²) in [5.41, 5.74) is 1.24. The molecule has 1 aromatic rings. The fourth-order valence-electron chi connectivity index (χ4n) is 1.33. The van der Waals surface area contributed by atoms with Gasteiger partial charge in [-0.25, -0.2) is 0 Å². The highest BCUT2D eigenvalue weighted by atomic mass is 16.6. The van der Waals surface area contributed by atoms with Crippen LogP contribution in [0.1, 0.15) is 18.6 Å². The van der Waals surface area contributed by atoms with Gasteiger partial charge >= 0.3 is 0 Å². The maximum atomic E-state index is 5.34. The Bertz CT molecular complexity index is 266. The second kappa shape index (κ2) is 2.79. The fraction of sp³-hybridized carbons (Fsp3) is 0.400. The van der Waals surface area contributed by atoms with E-state index in [-0.39, 0.29) is 0 Å². The summed E-state index contributed by atoms with van der Waals surface area (Å²) in [6, 6.07) is 8.02. The molecule has 0 N–H and O–H groups in total. The summed E-state index contributed by atoms with van der Waals surface area (Å²) in [4.78, 5) is 0. The van der Waals surface area contributed by atoms with Crippen molar-refractivity contribution in [2.45, 2.75) is 19.1 Å². The molecular weight excluding hydrogens is 152 g/mol. The molecule has 0 amide bonds. The van der Waals surface area contributed by atoms with Crippen molar-refractivity contribution in [2.75, 3.05) is 7.11 Å². The van der Waals surface area contributed by atoms with E-state index in [1.807, 2.05) is 24.3 Å². The molecule has 64 valence electrons. The van der Waals surface area contributed by atoms with Crippen LogP contribution in [0.5, 0.6) is 5.75 Å². The molecular formula is C10H12O2.